The maximum absolute atomic E-state index is 10.4. The largest absolute Gasteiger partial charge is 0.350 e. The molecular formula is C7H15NO. The number of carbonyl (C=O) groups is 1. The SMILES string of the molecule is C.C=CC(=O)NC(C)C. The third-order valence-corrected chi connectivity index (χ3v) is 0.616. The standard InChI is InChI=1S/C6H11NO.CH4/c1-4-6(8)7-5(2)3;/h4-5H,1H2,2-3H3,(H,7,8);1H4. The molecule has 0 aromatic heterocycles. The summed E-state index contributed by atoms with van der Waals surface area (Å²) in [5.41, 5.74) is 0. The third kappa shape index (κ3) is 7.21. The zero-order valence-corrected chi connectivity index (χ0v) is 5.27. The van der Waals surface area contributed by atoms with Crippen molar-refractivity contribution in [3.05, 3.63) is 12.7 Å². The first-order valence-electron chi connectivity index (χ1n) is 2.59. The molecule has 2 nitrogen and oxygen atoms in total. The summed E-state index contributed by atoms with van der Waals surface area (Å²) in [4.78, 5) is 10.4. The first-order chi connectivity index (χ1) is 3.66. The number of hydrogen-bond donors (Lipinski definition) is 1. The molecule has 0 fully saturated rings. The van der Waals surface area contributed by atoms with Gasteiger partial charge in [0.25, 0.3) is 0 Å². The molecular weight excluding hydrogens is 114 g/mol. The quantitative estimate of drug-likeness (QED) is 0.560. The highest BCUT2D eigenvalue weighted by atomic mass is 16.1. The summed E-state index contributed by atoms with van der Waals surface area (Å²) in [5, 5.41) is 2.64. The van der Waals surface area contributed by atoms with Crippen molar-refractivity contribution in [1.29, 1.82) is 0 Å². The molecule has 54 valence electrons. The normalized spacial score (nSPS) is 7.89. The lowest BCUT2D eigenvalue weighted by Crippen LogP contribution is -2.27. The molecule has 0 aliphatic carbocycles. The van der Waals surface area contributed by atoms with Gasteiger partial charge >= 0.3 is 0 Å². The van der Waals surface area contributed by atoms with Crippen LogP contribution in [0.4, 0.5) is 0 Å². The Kier molecular flexibility index (Phi) is 6.58. The molecule has 1 amide bonds. The van der Waals surface area contributed by atoms with Gasteiger partial charge in [-0.05, 0) is 19.9 Å². The van der Waals surface area contributed by atoms with E-state index in [-0.39, 0.29) is 19.4 Å². The molecule has 0 aromatic rings. The summed E-state index contributed by atoms with van der Waals surface area (Å²) in [5.74, 6) is -0.111. The van der Waals surface area contributed by atoms with Crippen LogP contribution in [0, 0.1) is 0 Å². The third-order valence-electron chi connectivity index (χ3n) is 0.616. The van der Waals surface area contributed by atoms with Gasteiger partial charge in [0.2, 0.25) is 5.91 Å². The van der Waals surface area contributed by atoms with Crippen LogP contribution in [0.3, 0.4) is 0 Å². The van der Waals surface area contributed by atoms with Gasteiger partial charge in [-0.1, -0.05) is 14.0 Å². The van der Waals surface area contributed by atoms with Gasteiger partial charge in [-0.25, -0.2) is 0 Å². The van der Waals surface area contributed by atoms with E-state index in [9.17, 15) is 4.79 Å². The fraction of sp³-hybridized carbons (Fsp3) is 0.571. The highest BCUT2D eigenvalue weighted by molar-refractivity contribution is 5.86. The number of nitrogens with one attached hydrogen (secondary N) is 1. The molecule has 9 heavy (non-hydrogen) atoms. The zero-order valence-electron chi connectivity index (χ0n) is 5.27. The molecule has 0 atom stereocenters. The number of hydrogen-bond acceptors (Lipinski definition) is 1. The monoisotopic (exact) mass is 129 g/mol. The van der Waals surface area contributed by atoms with Gasteiger partial charge < -0.3 is 5.32 Å². The van der Waals surface area contributed by atoms with Crippen molar-refractivity contribution in [3.63, 3.8) is 0 Å². The van der Waals surface area contributed by atoms with Gasteiger partial charge in [-0.15, -0.1) is 0 Å². The predicted molar refractivity (Wildman–Crippen MR) is 40.2 cm³/mol. The van der Waals surface area contributed by atoms with Crippen LogP contribution >= 0.6 is 0 Å². The lowest BCUT2D eigenvalue weighted by Gasteiger charge is -2.02. The van der Waals surface area contributed by atoms with Gasteiger partial charge in [-0.2, -0.15) is 0 Å². The van der Waals surface area contributed by atoms with E-state index in [1.807, 2.05) is 13.8 Å². The minimum Gasteiger partial charge on any atom is -0.350 e. The highest BCUT2D eigenvalue weighted by Crippen LogP contribution is 1.75. The van der Waals surface area contributed by atoms with E-state index in [4.69, 9.17) is 0 Å². The Bertz CT molecular complexity index is 97.1. The summed E-state index contributed by atoms with van der Waals surface area (Å²) in [7, 11) is 0. The predicted octanol–water partition coefficient (Wildman–Crippen LogP) is 1.33. The van der Waals surface area contributed by atoms with Crippen molar-refractivity contribution in [3.8, 4) is 0 Å². The molecule has 0 heterocycles. The van der Waals surface area contributed by atoms with Crippen molar-refractivity contribution in [1.82, 2.24) is 5.32 Å². The number of carbonyl (C=O) groups excluding carboxylic acids is 1. The molecule has 0 aliphatic heterocycles. The van der Waals surface area contributed by atoms with Gasteiger partial charge in [0.1, 0.15) is 0 Å². The molecule has 0 saturated heterocycles. The zero-order chi connectivity index (χ0) is 6.57. The topological polar surface area (TPSA) is 29.1 Å². The van der Waals surface area contributed by atoms with E-state index in [2.05, 4.69) is 11.9 Å². The van der Waals surface area contributed by atoms with Gasteiger partial charge in [0.15, 0.2) is 0 Å². The van der Waals surface area contributed by atoms with Crippen LogP contribution in [0.25, 0.3) is 0 Å². The Morgan fingerprint density at radius 3 is 2.22 bits per heavy atom. The van der Waals surface area contributed by atoms with Crippen LogP contribution in [-0.2, 0) is 4.79 Å². The number of amides is 1. The highest BCUT2D eigenvalue weighted by Gasteiger charge is 1.93. The molecule has 0 rings (SSSR count). The summed E-state index contributed by atoms with van der Waals surface area (Å²) in [6.07, 6.45) is 1.26. The lowest BCUT2D eigenvalue weighted by atomic mass is 10.4. The summed E-state index contributed by atoms with van der Waals surface area (Å²) in [6.45, 7) is 7.11. The van der Waals surface area contributed by atoms with E-state index < -0.39 is 0 Å². The molecule has 0 bridgehead atoms. The van der Waals surface area contributed by atoms with E-state index >= 15 is 0 Å². The summed E-state index contributed by atoms with van der Waals surface area (Å²) >= 11 is 0. The van der Waals surface area contributed by atoms with Gasteiger partial charge in [0, 0.05) is 6.04 Å². The molecule has 0 spiro atoms. The molecule has 0 radical (unpaired) electrons. The molecule has 0 saturated carbocycles. The smallest absolute Gasteiger partial charge is 0.243 e. The van der Waals surface area contributed by atoms with Crippen LogP contribution in [-0.4, -0.2) is 11.9 Å². The molecule has 0 unspecified atom stereocenters. The van der Waals surface area contributed by atoms with Crippen LogP contribution in [0.2, 0.25) is 0 Å². The van der Waals surface area contributed by atoms with Gasteiger partial charge in [0.05, 0.1) is 0 Å². The Morgan fingerprint density at radius 2 is 2.11 bits per heavy atom. The molecule has 0 aliphatic rings. The molecule has 2 heteroatoms. The first kappa shape index (κ1) is 11.1. The van der Waals surface area contributed by atoms with Crippen LogP contribution in [0.5, 0.6) is 0 Å². The first-order valence-corrected chi connectivity index (χ1v) is 2.59. The average molecular weight is 129 g/mol. The minimum atomic E-state index is -0.111. The van der Waals surface area contributed by atoms with Gasteiger partial charge in [-0.3, -0.25) is 4.79 Å². The Labute approximate surface area is 57.0 Å². The van der Waals surface area contributed by atoms with Crippen molar-refractivity contribution < 1.29 is 4.79 Å². The fourth-order valence-corrected chi connectivity index (χ4v) is 0.343. The van der Waals surface area contributed by atoms with Crippen LogP contribution in [0.15, 0.2) is 12.7 Å². The molecule has 0 aromatic carbocycles. The van der Waals surface area contributed by atoms with Crippen molar-refractivity contribution >= 4 is 5.91 Å². The average Bonchev–Trinajstić information content (AvgIpc) is 1.65. The fourth-order valence-electron chi connectivity index (χ4n) is 0.343. The van der Waals surface area contributed by atoms with Crippen LogP contribution in [0.1, 0.15) is 21.3 Å². The second-order valence-electron chi connectivity index (χ2n) is 1.87. The maximum Gasteiger partial charge on any atom is 0.243 e. The van der Waals surface area contributed by atoms with Crippen molar-refractivity contribution in [2.24, 2.45) is 0 Å². The van der Waals surface area contributed by atoms with E-state index in [0.717, 1.165) is 0 Å². The summed E-state index contributed by atoms with van der Waals surface area (Å²) in [6, 6.07) is 0.209. The summed E-state index contributed by atoms with van der Waals surface area (Å²) < 4.78 is 0. The van der Waals surface area contributed by atoms with E-state index in [0.29, 0.717) is 0 Å². The van der Waals surface area contributed by atoms with Crippen molar-refractivity contribution in [2.75, 3.05) is 0 Å². The Morgan fingerprint density at radius 1 is 1.67 bits per heavy atom. The van der Waals surface area contributed by atoms with E-state index in [1.54, 1.807) is 0 Å². The van der Waals surface area contributed by atoms with Crippen LogP contribution < -0.4 is 5.32 Å². The van der Waals surface area contributed by atoms with Crippen molar-refractivity contribution in [2.45, 2.75) is 27.3 Å². The minimum absolute atomic E-state index is 0. The second kappa shape index (κ2) is 5.35. The second-order valence-corrected chi connectivity index (χ2v) is 1.87. The van der Waals surface area contributed by atoms with E-state index in [1.165, 1.54) is 6.08 Å². The lowest BCUT2D eigenvalue weighted by molar-refractivity contribution is -0.116. The number of rotatable bonds is 2. The maximum atomic E-state index is 10.4. The Balaban J connectivity index is 0. The molecule has 1 N–H and O–H groups in total. The Hall–Kier alpha value is -0.790.